The zero-order valence-corrected chi connectivity index (χ0v) is 14.8. The molecule has 0 aliphatic carbocycles. The van der Waals surface area contributed by atoms with Crippen molar-refractivity contribution in [2.45, 2.75) is 37.8 Å². The predicted molar refractivity (Wildman–Crippen MR) is 99.2 cm³/mol. The third kappa shape index (κ3) is 4.74. The van der Waals surface area contributed by atoms with Gasteiger partial charge in [-0.25, -0.2) is 0 Å². The fourth-order valence-corrected chi connectivity index (χ4v) is 3.35. The molecule has 0 fully saturated rings. The Morgan fingerprint density at radius 2 is 2.08 bits per heavy atom. The number of hydrogen-bond donors (Lipinski definition) is 2. The molecule has 0 saturated heterocycles. The van der Waals surface area contributed by atoms with Gasteiger partial charge in [0.05, 0.1) is 20.3 Å². The zero-order valence-electron chi connectivity index (χ0n) is 14.8. The number of ether oxygens (including phenoxy) is 2. The molecule has 4 nitrogen and oxygen atoms in total. The van der Waals surface area contributed by atoms with Crippen molar-refractivity contribution in [1.29, 1.82) is 0 Å². The number of aryl methyl sites for hydroxylation is 1. The van der Waals surface area contributed by atoms with Crippen LogP contribution in [0.1, 0.15) is 36.4 Å². The summed E-state index contributed by atoms with van der Waals surface area (Å²) in [5, 5.41) is 13.5. The molecule has 0 bridgehead atoms. The summed E-state index contributed by atoms with van der Waals surface area (Å²) in [5.41, 5.74) is 2.42. The molecule has 1 heterocycles. The quantitative estimate of drug-likeness (QED) is 0.809. The molecule has 0 spiro atoms. The second-order valence-electron chi connectivity index (χ2n) is 6.52. The number of benzene rings is 2. The first-order chi connectivity index (χ1) is 12.3. The van der Waals surface area contributed by atoms with E-state index in [2.05, 4.69) is 29.6 Å². The molecule has 25 heavy (non-hydrogen) atoms. The van der Waals surface area contributed by atoms with Crippen molar-refractivity contribution in [3.8, 4) is 11.5 Å². The molecule has 0 aromatic heterocycles. The van der Waals surface area contributed by atoms with E-state index < -0.39 is 0 Å². The van der Waals surface area contributed by atoms with Gasteiger partial charge in [-0.05, 0) is 49.4 Å². The van der Waals surface area contributed by atoms with E-state index in [0.717, 1.165) is 49.4 Å². The standard InChI is InChI=1S/C21H27NO3/c1-24-18-11-12-21-19(14-18)20(8-5-13-25-21)22-17(15-23)10-9-16-6-3-2-4-7-16/h2-4,6-7,11-12,14,17,20,22-23H,5,8-10,13,15H2,1H3/t17-,20?/m1/s1. The number of hydrogen-bond acceptors (Lipinski definition) is 4. The van der Waals surface area contributed by atoms with Gasteiger partial charge in [0, 0.05) is 17.6 Å². The molecule has 0 amide bonds. The Morgan fingerprint density at radius 1 is 1.24 bits per heavy atom. The topological polar surface area (TPSA) is 50.7 Å². The molecular formula is C21H27NO3. The maximum atomic E-state index is 9.84. The van der Waals surface area contributed by atoms with E-state index in [4.69, 9.17) is 9.47 Å². The van der Waals surface area contributed by atoms with Crippen LogP contribution in [0.5, 0.6) is 11.5 Å². The minimum atomic E-state index is 0.0577. The fraction of sp³-hybridized carbons (Fsp3) is 0.429. The highest BCUT2D eigenvalue weighted by atomic mass is 16.5. The highest BCUT2D eigenvalue weighted by Gasteiger charge is 2.23. The summed E-state index contributed by atoms with van der Waals surface area (Å²) in [7, 11) is 1.68. The van der Waals surface area contributed by atoms with Gasteiger partial charge in [0.2, 0.25) is 0 Å². The van der Waals surface area contributed by atoms with Gasteiger partial charge in [-0.1, -0.05) is 30.3 Å². The van der Waals surface area contributed by atoms with Crippen molar-refractivity contribution in [1.82, 2.24) is 5.32 Å². The molecule has 4 heteroatoms. The molecule has 1 unspecified atom stereocenters. The summed E-state index contributed by atoms with van der Waals surface area (Å²) in [6.07, 6.45) is 3.83. The predicted octanol–water partition coefficient (Wildman–Crippen LogP) is 3.49. The highest BCUT2D eigenvalue weighted by molar-refractivity contribution is 5.42. The van der Waals surface area contributed by atoms with Crippen LogP contribution in [-0.2, 0) is 6.42 Å². The van der Waals surface area contributed by atoms with Gasteiger partial charge >= 0.3 is 0 Å². The van der Waals surface area contributed by atoms with Gasteiger partial charge in [-0.3, -0.25) is 0 Å². The summed E-state index contributed by atoms with van der Waals surface area (Å²) in [6.45, 7) is 0.856. The first-order valence-corrected chi connectivity index (χ1v) is 9.01. The number of aliphatic hydroxyl groups excluding tert-OH is 1. The number of aliphatic hydroxyl groups is 1. The van der Waals surface area contributed by atoms with Gasteiger partial charge in [-0.2, -0.15) is 0 Å². The van der Waals surface area contributed by atoms with Gasteiger partial charge in [0.1, 0.15) is 11.5 Å². The molecule has 2 N–H and O–H groups in total. The summed E-state index contributed by atoms with van der Waals surface area (Å²) in [4.78, 5) is 0. The number of fused-ring (bicyclic) bond motifs is 1. The molecule has 3 rings (SSSR count). The van der Waals surface area contributed by atoms with E-state index in [1.807, 2.05) is 24.3 Å². The van der Waals surface area contributed by atoms with Crippen molar-refractivity contribution in [3.05, 3.63) is 59.7 Å². The smallest absolute Gasteiger partial charge is 0.124 e. The van der Waals surface area contributed by atoms with E-state index in [1.54, 1.807) is 7.11 Å². The van der Waals surface area contributed by atoms with Crippen LogP contribution in [-0.4, -0.2) is 31.5 Å². The van der Waals surface area contributed by atoms with Crippen LogP contribution in [0.3, 0.4) is 0 Å². The van der Waals surface area contributed by atoms with Crippen LogP contribution in [0.15, 0.2) is 48.5 Å². The zero-order chi connectivity index (χ0) is 17.5. The van der Waals surface area contributed by atoms with Crippen LogP contribution in [0.2, 0.25) is 0 Å². The normalized spacial score (nSPS) is 17.9. The Morgan fingerprint density at radius 3 is 2.84 bits per heavy atom. The van der Waals surface area contributed by atoms with Crippen molar-refractivity contribution in [2.75, 3.05) is 20.3 Å². The van der Waals surface area contributed by atoms with E-state index >= 15 is 0 Å². The third-order valence-corrected chi connectivity index (χ3v) is 4.77. The second-order valence-corrected chi connectivity index (χ2v) is 6.52. The van der Waals surface area contributed by atoms with Crippen molar-refractivity contribution in [3.63, 3.8) is 0 Å². The number of methoxy groups -OCH3 is 1. The Balaban J connectivity index is 1.69. The van der Waals surface area contributed by atoms with Gasteiger partial charge in [0.15, 0.2) is 0 Å². The summed E-state index contributed by atoms with van der Waals surface area (Å²) >= 11 is 0. The maximum Gasteiger partial charge on any atom is 0.124 e. The van der Waals surface area contributed by atoms with Gasteiger partial charge in [0.25, 0.3) is 0 Å². The average molecular weight is 341 g/mol. The van der Waals surface area contributed by atoms with Crippen LogP contribution in [0.25, 0.3) is 0 Å². The van der Waals surface area contributed by atoms with E-state index in [9.17, 15) is 5.11 Å². The first kappa shape index (κ1) is 17.8. The minimum absolute atomic E-state index is 0.0577. The second kappa shape index (κ2) is 8.88. The molecule has 2 aromatic carbocycles. The highest BCUT2D eigenvalue weighted by Crippen LogP contribution is 2.34. The molecule has 2 aromatic rings. The van der Waals surface area contributed by atoms with Crippen molar-refractivity contribution < 1.29 is 14.6 Å². The largest absolute Gasteiger partial charge is 0.497 e. The summed E-state index contributed by atoms with van der Waals surface area (Å²) in [5.74, 6) is 1.75. The molecule has 2 atom stereocenters. The first-order valence-electron chi connectivity index (χ1n) is 9.01. The molecule has 1 aliphatic rings. The van der Waals surface area contributed by atoms with Crippen LogP contribution < -0.4 is 14.8 Å². The lowest BCUT2D eigenvalue weighted by atomic mass is 9.99. The van der Waals surface area contributed by atoms with Crippen molar-refractivity contribution >= 4 is 0 Å². The fourth-order valence-electron chi connectivity index (χ4n) is 3.35. The molecular weight excluding hydrogens is 314 g/mol. The van der Waals surface area contributed by atoms with E-state index in [1.165, 1.54) is 5.56 Å². The average Bonchev–Trinajstić information content (AvgIpc) is 2.87. The maximum absolute atomic E-state index is 9.84. The molecule has 0 radical (unpaired) electrons. The van der Waals surface area contributed by atoms with Crippen LogP contribution in [0, 0.1) is 0 Å². The lowest BCUT2D eigenvalue weighted by Crippen LogP contribution is -2.36. The van der Waals surface area contributed by atoms with E-state index in [-0.39, 0.29) is 18.7 Å². The van der Waals surface area contributed by atoms with Gasteiger partial charge < -0.3 is 19.9 Å². The summed E-state index contributed by atoms with van der Waals surface area (Å²) in [6, 6.07) is 16.6. The Bertz CT molecular complexity index is 659. The molecule has 1 aliphatic heterocycles. The third-order valence-electron chi connectivity index (χ3n) is 4.77. The SMILES string of the molecule is COc1ccc2c(c1)C(N[C@@H](CO)CCc1ccccc1)CCCO2. The Labute approximate surface area is 149 Å². The van der Waals surface area contributed by atoms with E-state index in [0.29, 0.717) is 0 Å². The minimum Gasteiger partial charge on any atom is -0.497 e. The Hall–Kier alpha value is -2.04. The number of rotatable bonds is 7. The van der Waals surface area contributed by atoms with Crippen LogP contribution >= 0.6 is 0 Å². The molecule has 134 valence electrons. The Kier molecular flexibility index (Phi) is 6.31. The molecule has 0 saturated carbocycles. The van der Waals surface area contributed by atoms with Crippen molar-refractivity contribution in [2.24, 2.45) is 0 Å². The monoisotopic (exact) mass is 341 g/mol. The van der Waals surface area contributed by atoms with Crippen LogP contribution in [0.4, 0.5) is 0 Å². The lowest BCUT2D eigenvalue weighted by molar-refractivity contribution is 0.221. The lowest BCUT2D eigenvalue weighted by Gasteiger charge is -2.25. The number of nitrogens with one attached hydrogen (secondary N) is 1. The van der Waals surface area contributed by atoms with Gasteiger partial charge in [-0.15, -0.1) is 0 Å². The summed E-state index contributed by atoms with van der Waals surface area (Å²) < 4.78 is 11.2.